The standard InChI is InChI=1S/C11H26O2Si/c1-5-9-11(10-6-2)14(12-7-3)13-8-4/h11,14H,5-10H2,1-4H3. The number of hydrogen-bond donors (Lipinski definition) is 0. The van der Waals surface area contributed by atoms with Crippen molar-refractivity contribution in [1.82, 2.24) is 0 Å². The number of hydrogen-bond acceptors (Lipinski definition) is 2. The summed E-state index contributed by atoms with van der Waals surface area (Å²) in [6.07, 6.45) is 5.03. The second kappa shape index (κ2) is 9.68. The maximum atomic E-state index is 5.77. The molecular weight excluding hydrogens is 192 g/mol. The molecule has 0 aromatic heterocycles. The Labute approximate surface area is 90.8 Å². The van der Waals surface area contributed by atoms with Crippen LogP contribution in [0.1, 0.15) is 53.4 Å². The fourth-order valence-corrected chi connectivity index (χ4v) is 4.32. The predicted octanol–water partition coefficient (Wildman–Crippen LogP) is 3.25. The van der Waals surface area contributed by atoms with Crippen molar-refractivity contribution in [3.05, 3.63) is 0 Å². The highest BCUT2D eigenvalue weighted by atomic mass is 28.3. The molecule has 2 nitrogen and oxygen atoms in total. The van der Waals surface area contributed by atoms with E-state index in [4.69, 9.17) is 8.85 Å². The van der Waals surface area contributed by atoms with Gasteiger partial charge in [-0.05, 0) is 32.2 Å². The predicted molar refractivity (Wildman–Crippen MR) is 64.0 cm³/mol. The third-order valence-electron chi connectivity index (χ3n) is 2.37. The molecule has 0 amide bonds. The lowest BCUT2D eigenvalue weighted by molar-refractivity contribution is 0.200. The van der Waals surface area contributed by atoms with Gasteiger partial charge in [-0.25, -0.2) is 0 Å². The minimum atomic E-state index is -1.38. The van der Waals surface area contributed by atoms with E-state index < -0.39 is 9.28 Å². The molecule has 0 heterocycles. The molecule has 0 rings (SSSR count). The third-order valence-corrected chi connectivity index (χ3v) is 5.13. The Hall–Kier alpha value is 0.137. The van der Waals surface area contributed by atoms with E-state index in [1.165, 1.54) is 25.7 Å². The van der Waals surface area contributed by atoms with Crippen LogP contribution in [0.3, 0.4) is 0 Å². The molecule has 0 radical (unpaired) electrons. The van der Waals surface area contributed by atoms with Gasteiger partial charge in [0.2, 0.25) is 0 Å². The van der Waals surface area contributed by atoms with E-state index in [0.717, 1.165) is 13.2 Å². The first-order valence-electron chi connectivity index (χ1n) is 6.03. The molecule has 0 atom stereocenters. The smallest absolute Gasteiger partial charge is 0.324 e. The van der Waals surface area contributed by atoms with Crippen LogP contribution in [0.25, 0.3) is 0 Å². The summed E-state index contributed by atoms with van der Waals surface area (Å²) in [5.74, 6) is 0. The van der Waals surface area contributed by atoms with Crippen molar-refractivity contribution in [3.63, 3.8) is 0 Å². The zero-order valence-corrected chi connectivity index (χ0v) is 11.4. The Balaban J connectivity index is 4.06. The van der Waals surface area contributed by atoms with Gasteiger partial charge in [-0.1, -0.05) is 26.7 Å². The second-order valence-corrected chi connectivity index (χ2v) is 5.96. The molecule has 86 valence electrons. The lowest BCUT2D eigenvalue weighted by Gasteiger charge is -2.24. The Morgan fingerprint density at radius 1 is 0.857 bits per heavy atom. The van der Waals surface area contributed by atoms with Crippen molar-refractivity contribution in [2.75, 3.05) is 13.2 Å². The van der Waals surface area contributed by atoms with Crippen LogP contribution < -0.4 is 0 Å². The van der Waals surface area contributed by atoms with Gasteiger partial charge in [0.25, 0.3) is 0 Å². The largest absolute Gasteiger partial charge is 0.397 e. The molecule has 0 saturated carbocycles. The highest BCUT2D eigenvalue weighted by Gasteiger charge is 2.23. The Kier molecular flexibility index (Phi) is 9.78. The van der Waals surface area contributed by atoms with Gasteiger partial charge in [-0.2, -0.15) is 0 Å². The summed E-state index contributed by atoms with van der Waals surface area (Å²) in [6, 6.07) is 0. The molecule has 0 aliphatic heterocycles. The van der Waals surface area contributed by atoms with Crippen LogP contribution in [0.2, 0.25) is 5.54 Å². The van der Waals surface area contributed by atoms with Gasteiger partial charge >= 0.3 is 9.28 Å². The SMILES string of the molecule is CCCC(CCC)[SiH](OCC)OCC. The maximum absolute atomic E-state index is 5.77. The molecule has 0 saturated heterocycles. The first-order valence-corrected chi connectivity index (χ1v) is 7.64. The highest BCUT2D eigenvalue weighted by Crippen LogP contribution is 2.24. The molecule has 0 aliphatic carbocycles. The van der Waals surface area contributed by atoms with Crippen LogP contribution in [0.4, 0.5) is 0 Å². The molecule has 0 fully saturated rings. The van der Waals surface area contributed by atoms with E-state index in [0.29, 0.717) is 5.54 Å². The van der Waals surface area contributed by atoms with Gasteiger partial charge in [-0.3, -0.25) is 0 Å². The van der Waals surface area contributed by atoms with Gasteiger partial charge in [0.15, 0.2) is 0 Å². The minimum Gasteiger partial charge on any atom is -0.397 e. The summed E-state index contributed by atoms with van der Waals surface area (Å²) in [6.45, 7) is 10.2. The molecule has 14 heavy (non-hydrogen) atoms. The zero-order chi connectivity index (χ0) is 10.8. The van der Waals surface area contributed by atoms with Gasteiger partial charge in [0.1, 0.15) is 0 Å². The molecule has 0 aliphatic rings. The van der Waals surface area contributed by atoms with Crippen LogP contribution >= 0.6 is 0 Å². The van der Waals surface area contributed by atoms with Crippen molar-refractivity contribution in [2.24, 2.45) is 0 Å². The number of rotatable bonds is 9. The van der Waals surface area contributed by atoms with Gasteiger partial charge in [-0.15, -0.1) is 0 Å². The van der Waals surface area contributed by atoms with Crippen LogP contribution in [0, 0.1) is 0 Å². The first kappa shape index (κ1) is 14.1. The first-order chi connectivity index (χ1) is 6.79. The van der Waals surface area contributed by atoms with E-state index in [2.05, 4.69) is 27.7 Å². The van der Waals surface area contributed by atoms with Crippen LogP contribution in [-0.2, 0) is 8.85 Å². The summed E-state index contributed by atoms with van der Waals surface area (Å²) < 4.78 is 11.5. The van der Waals surface area contributed by atoms with Crippen molar-refractivity contribution in [1.29, 1.82) is 0 Å². The van der Waals surface area contributed by atoms with Gasteiger partial charge < -0.3 is 8.85 Å². The fourth-order valence-electron chi connectivity index (χ4n) is 1.81. The van der Waals surface area contributed by atoms with Crippen molar-refractivity contribution >= 4 is 9.28 Å². The second-order valence-electron chi connectivity index (χ2n) is 3.62. The van der Waals surface area contributed by atoms with E-state index in [-0.39, 0.29) is 0 Å². The van der Waals surface area contributed by atoms with Crippen LogP contribution in [0.15, 0.2) is 0 Å². The molecule has 0 bridgehead atoms. The summed E-state index contributed by atoms with van der Waals surface area (Å²) >= 11 is 0. The van der Waals surface area contributed by atoms with E-state index >= 15 is 0 Å². The Morgan fingerprint density at radius 3 is 1.57 bits per heavy atom. The van der Waals surface area contributed by atoms with Crippen molar-refractivity contribution in [2.45, 2.75) is 58.9 Å². The average Bonchev–Trinajstić information content (AvgIpc) is 2.17. The summed E-state index contributed by atoms with van der Waals surface area (Å²) in [4.78, 5) is 0. The summed E-state index contributed by atoms with van der Waals surface area (Å²) in [5.41, 5.74) is 0.713. The maximum Gasteiger partial charge on any atom is 0.324 e. The third kappa shape index (κ3) is 5.78. The van der Waals surface area contributed by atoms with E-state index in [1.807, 2.05) is 0 Å². The monoisotopic (exact) mass is 218 g/mol. The molecule has 0 spiro atoms. The normalized spacial score (nSPS) is 11.6. The van der Waals surface area contributed by atoms with Gasteiger partial charge in [0, 0.05) is 13.2 Å². The van der Waals surface area contributed by atoms with E-state index in [9.17, 15) is 0 Å². The molecule has 3 heteroatoms. The molecule has 0 N–H and O–H groups in total. The minimum absolute atomic E-state index is 0.713. The topological polar surface area (TPSA) is 18.5 Å². The van der Waals surface area contributed by atoms with Crippen molar-refractivity contribution < 1.29 is 8.85 Å². The lowest BCUT2D eigenvalue weighted by Crippen LogP contribution is -2.29. The lowest BCUT2D eigenvalue weighted by atomic mass is 10.1. The Bertz CT molecular complexity index is 93.9. The van der Waals surface area contributed by atoms with Crippen LogP contribution in [-0.4, -0.2) is 22.5 Å². The summed E-state index contributed by atoms with van der Waals surface area (Å²) in [5, 5.41) is 0. The quantitative estimate of drug-likeness (QED) is 0.553. The van der Waals surface area contributed by atoms with Crippen molar-refractivity contribution in [3.8, 4) is 0 Å². The van der Waals surface area contributed by atoms with Crippen LogP contribution in [0.5, 0.6) is 0 Å². The Morgan fingerprint density at radius 2 is 1.29 bits per heavy atom. The average molecular weight is 218 g/mol. The molecular formula is C11H26O2Si. The zero-order valence-electron chi connectivity index (χ0n) is 10.2. The van der Waals surface area contributed by atoms with E-state index in [1.54, 1.807) is 0 Å². The molecule has 0 aromatic rings. The fraction of sp³-hybridized carbons (Fsp3) is 1.00. The van der Waals surface area contributed by atoms with Gasteiger partial charge in [0.05, 0.1) is 0 Å². The highest BCUT2D eigenvalue weighted by molar-refractivity contribution is 6.46. The molecule has 0 aromatic carbocycles. The summed E-state index contributed by atoms with van der Waals surface area (Å²) in [7, 11) is -1.38. The molecule has 0 unspecified atom stereocenters.